The van der Waals surface area contributed by atoms with Crippen LogP contribution in [0.25, 0.3) is 33.1 Å². The number of carbonyl (C=O) groups excluding carboxylic acids is 1. The van der Waals surface area contributed by atoms with Crippen LogP contribution in [0.15, 0.2) is 47.2 Å². The number of hydrogen-bond donors (Lipinski definition) is 0. The molecule has 2 saturated heterocycles. The van der Waals surface area contributed by atoms with Crippen LogP contribution < -0.4 is 0 Å². The number of pyridine rings is 1. The first-order chi connectivity index (χ1) is 15.9. The van der Waals surface area contributed by atoms with E-state index in [-0.39, 0.29) is 29.7 Å². The summed E-state index contributed by atoms with van der Waals surface area (Å²) in [4.78, 5) is 19.4. The van der Waals surface area contributed by atoms with Gasteiger partial charge in [0.15, 0.2) is 9.84 Å². The number of likely N-dealkylation sites (tertiary alicyclic amines) is 1. The third-order valence-corrected chi connectivity index (χ3v) is 6.99. The third kappa shape index (κ3) is 3.59. The molecule has 2 unspecified atom stereocenters. The van der Waals surface area contributed by atoms with Gasteiger partial charge < -0.3 is 14.1 Å². The number of sulfone groups is 1. The lowest BCUT2D eigenvalue weighted by Gasteiger charge is -2.31. The standard InChI is InChI=1S/C23H22N4O5S/c1-33(29,30)13-27-20-8-19(23(28)26-10-14-6-7-15(11-26)32-14)24-9-17(20)22(25-27)18-12-31-21-5-3-2-4-16(18)21/h2-5,8-9,12,14-15H,6-7,10-11,13H2,1H3. The molecule has 0 spiro atoms. The Balaban J connectivity index is 1.46. The SMILES string of the molecule is CS(=O)(=O)Cn1nc(-c2coc3ccccc23)c2cnc(C(=O)N3CC4CCC(C3)O4)cc21. The maximum atomic E-state index is 13.2. The van der Waals surface area contributed by atoms with Crippen LogP contribution in [0.2, 0.25) is 0 Å². The quantitative estimate of drug-likeness (QED) is 0.455. The molecule has 0 saturated carbocycles. The van der Waals surface area contributed by atoms with Crippen molar-refractivity contribution in [2.75, 3.05) is 19.3 Å². The van der Waals surface area contributed by atoms with E-state index in [1.165, 1.54) is 4.68 Å². The van der Waals surface area contributed by atoms with Gasteiger partial charge >= 0.3 is 0 Å². The van der Waals surface area contributed by atoms with Gasteiger partial charge in [0, 0.05) is 41.9 Å². The fourth-order valence-electron chi connectivity index (χ4n) is 4.81. The Kier molecular flexibility index (Phi) is 4.56. The van der Waals surface area contributed by atoms with Gasteiger partial charge in [-0.25, -0.2) is 13.1 Å². The van der Waals surface area contributed by atoms with Crippen LogP contribution in [0.4, 0.5) is 0 Å². The van der Waals surface area contributed by atoms with Gasteiger partial charge in [-0.3, -0.25) is 9.78 Å². The van der Waals surface area contributed by atoms with Crippen LogP contribution in [0.5, 0.6) is 0 Å². The highest BCUT2D eigenvalue weighted by molar-refractivity contribution is 7.89. The lowest BCUT2D eigenvalue weighted by atomic mass is 10.1. The monoisotopic (exact) mass is 466 g/mol. The lowest BCUT2D eigenvalue weighted by Crippen LogP contribution is -2.46. The van der Waals surface area contributed by atoms with Crippen molar-refractivity contribution in [2.45, 2.75) is 30.9 Å². The molecule has 6 rings (SSSR count). The van der Waals surface area contributed by atoms with Crippen molar-refractivity contribution in [1.82, 2.24) is 19.7 Å². The first kappa shape index (κ1) is 20.4. The summed E-state index contributed by atoms with van der Waals surface area (Å²) in [5.41, 5.74) is 2.82. The fraction of sp³-hybridized carbons (Fsp3) is 0.348. The molecule has 170 valence electrons. The molecule has 2 aliphatic heterocycles. The van der Waals surface area contributed by atoms with Gasteiger partial charge in [-0.2, -0.15) is 5.10 Å². The Bertz CT molecular complexity index is 1490. The topological polar surface area (TPSA) is 108 Å². The van der Waals surface area contributed by atoms with E-state index in [4.69, 9.17) is 9.15 Å². The summed E-state index contributed by atoms with van der Waals surface area (Å²) in [6, 6.07) is 9.21. The molecule has 33 heavy (non-hydrogen) atoms. The first-order valence-electron chi connectivity index (χ1n) is 10.8. The summed E-state index contributed by atoms with van der Waals surface area (Å²) >= 11 is 0. The highest BCUT2D eigenvalue weighted by atomic mass is 32.2. The molecule has 3 aromatic heterocycles. The second kappa shape index (κ2) is 7.39. The van der Waals surface area contributed by atoms with Gasteiger partial charge in [-0.1, -0.05) is 18.2 Å². The molecule has 4 aromatic rings. The number of rotatable bonds is 4. The Morgan fingerprint density at radius 3 is 2.67 bits per heavy atom. The van der Waals surface area contributed by atoms with Crippen molar-refractivity contribution in [3.63, 3.8) is 0 Å². The number of amides is 1. The Morgan fingerprint density at radius 1 is 1.15 bits per heavy atom. The molecule has 2 bridgehead atoms. The van der Waals surface area contributed by atoms with Crippen LogP contribution in [0, 0.1) is 0 Å². The Morgan fingerprint density at radius 2 is 1.91 bits per heavy atom. The number of morpholine rings is 1. The minimum absolute atomic E-state index is 0.0770. The van der Waals surface area contributed by atoms with E-state index in [9.17, 15) is 13.2 Å². The molecule has 0 radical (unpaired) electrons. The molecule has 2 atom stereocenters. The first-order valence-corrected chi connectivity index (χ1v) is 12.9. The second-order valence-electron chi connectivity index (χ2n) is 8.80. The van der Waals surface area contributed by atoms with E-state index in [1.807, 2.05) is 24.3 Å². The van der Waals surface area contributed by atoms with E-state index in [2.05, 4.69) is 10.1 Å². The summed E-state index contributed by atoms with van der Waals surface area (Å²) in [7, 11) is -3.38. The molecule has 2 fully saturated rings. The highest BCUT2D eigenvalue weighted by Crippen LogP contribution is 2.35. The predicted molar refractivity (Wildman–Crippen MR) is 121 cm³/mol. The average Bonchev–Trinajstić information content (AvgIpc) is 3.47. The van der Waals surface area contributed by atoms with Gasteiger partial charge in [-0.05, 0) is 25.0 Å². The van der Waals surface area contributed by atoms with E-state index in [0.717, 1.165) is 30.0 Å². The number of ether oxygens (including phenoxy) is 1. The van der Waals surface area contributed by atoms with Crippen molar-refractivity contribution in [1.29, 1.82) is 0 Å². The largest absolute Gasteiger partial charge is 0.464 e. The number of hydrogen-bond acceptors (Lipinski definition) is 7. The molecule has 2 aliphatic rings. The third-order valence-electron chi connectivity index (χ3n) is 6.28. The molecule has 9 nitrogen and oxygen atoms in total. The van der Waals surface area contributed by atoms with Crippen molar-refractivity contribution in [2.24, 2.45) is 0 Å². The number of para-hydroxylation sites is 1. The minimum Gasteiger partial charge on any atom is -0.464 e. The van der Waals surface area contributed by atoms with Gasteiger partial charge in [0.1, 0.15) is 29.1 Å². The van der Waals surface area contributed by atoms with Crippen molar-refractivity contribution in [3.05, 3.63) is 48.5 Å². The summed E-state index contributed by atoms with van der Waals surface area (Å²) in [5, 5.41) is 6.13. The van der Waals surface area contributed by atoms with Gasteiger partial charge in [0.2, 0.25) is 0 Å². The van der Waals surface area contributed by atoms with E-state index in [1.54, 1.807) is 23.4 Å². The number of carbonyl (C=O) groups is 1. The van der Waals surface area contributed by atoms with Gasteiger partial charge in [0.05, 0.1) is 17.7 Å². The molecule has 1 aromatic carbocycles. The van der Waals surface area contributed by atoms with Crippen LogP contribution in [0.1, 0.15) is 23.3 Å². The number of furan rings is 1. The maximum Gasteiger partial charge on any atom is 0.272 e. The molecule has 0 N–H and O–H groups in total. The van der Waals surface area contributed by atoms with Crippen LogP contribution in [-0.4, -0.2) is 65.5 Å². The second-order valence-corrected chi connectivity index (χ2v) is 10.9. The van der Waals surface area contributed by atoms with Crippen LogP contribution in [-0.2, 0) is 20.5 Å². The van der Waals surface area contributed by atoms with E-state index in [0.29, 0.717) is 35.3 Å². The molecule has 0 aliphatic carbocycles. The zero-order chi connectivity index (χ0) is 22.7. The Hall–Kier alpha value is -3.24. The normalized spacial score (nSPS) is 20.7. The van der Waals surface area contributed by atoms with E-state index < -0.39 is 9.84 Å². The molecule has 10 heteroatoms. The summed E-state index contributed by atoms with van der Waals surface area (Å²) in [6.07, 6.45) is 6.44. The average molecular weight is 467 g/mol. The maximum absolute atomic E-state index is 13.2. The van der Waals surface area contributed by atoms with E-state index >= 15 is 0 Å². The zero-order valence-electron chi connectivity index (χ0n) is 18.0. The summed E-state index contributed by atoms with van der Waals surface area (Å²) in [5.74, 6) is -0.488. The highest BCUT2D eigenvalue weighted by Gasteiger charge is 2.36. The Labute approximate surface area is 189 Å². The molecule has 1 amide bonds. The number of benzene rings is 1. The van der Waals surface area contributed by atoms with Crippen molar-refractivity contribution >= 4 is 37.6 Å². The zero-order valence-corrected chi connectivity index (χ0v) is 18.8. The smallest absolute Gasteiger partial charge is 0.272 e. The van der Waals surface area contributed by atoms with Crippen molar-refractivity contribution < 1.29 is 22.4 Å². The van der Waals surface area contributed by atoms with Gasteiger partial charge in [0.25, 0.3) is 5.91 Å². The fourth-order valence-corrected chi connectivity index (χ4v) is 5.45. The predicted octanol–water partition coefficient (Wildman–Crippen LogP) is 2.85. The number of aromatic nitrogens is 3. The van der Waals surface area contributed by atoms with Crippen LogP contribution in [0.3, 0.4) is 0 Å². The summed E-state index contributed by atoms with van der Waals surface area (Å²) in [6.45, 7) is 1.09. The molecular formula is C23H22N4O5S. The molecular weight excluding hydrogens is 444 g/mol. The van der Waals surface area contributed by atoms with Crippen molar-refractivity contribution in [3.8, 4) is 11.3 Å². The van der Waals surface area contributed by atoms with Crippen LogP contribution >= 0.6 is 0 Å². The number of nitrogens with zero attached hydrogens (tertiary/aromatic N) is 4. The van der Waals surface area contributed by atoms with Gasteiger partial charge in [-0.15, -0.1) is 0 Å². The summed E-state index contributed by atoms with van der Waals surface area (Å²) < 4.78 is 37.2. The lowest BCUT2D eigenvalue weighted by molar-refractivity contribution is -0.0305. The minimum atomic E-state index is -3.38. The number of fused-ring (bicyclic) bond motifs is 4. The molecule has 5 heterocycles.